The summed E-state index contributed by atoms with van der Waals surface area (Å²) in [5.41, 5.74) is 6.53. The Bertz CT molecular complexity index is 1430. The van der Waals surface area contributed by atoms with Gasteiger partial charge in [-0.3, -0.25) is 0 Å². The fourth-order valence-corrected chi connectivity index (χ4v) is 4.89. The van der Waals surface area contributed by atoms with Crippen molar-refractivity contribution < 1.29 is 23.5 Å². The van der Waals surface area contributed by atoms with Gasteiger partial charge in [0, 0.05) is 44.0 Å². The Morgan fingerprint density at radius 2 is 1.23 bits per heavy atom. The van der Waals surface area contributed by atoms with Gasteiger partial charge >= 0.3 is 12.2 Å². The van der Waals surface area contributed by atoms with Gasteiger partial charge in [0.25, 0.3) is 0 Å². The summed E-state index contributed by atoms with van der Waals surface area (Å²) in [5, 5.41) is 21.3. The summed E-state index contributed by atoms with van der Waals surface area (Å²) in [7, 11) is 0. The normalized spacial score (nSPS) is 15.5. The fourth-order valence-electron chi connectivity index (χ4n) is 4.45. The van der Waals surface area contributed by atoms with Crippen LogP contribution in [0.2, 0.25) is 10.0 Å². The molecule has 256 valence electrons. The van der Waals surface area contributed by atoms with Crippen LogP contribution in [0.4, 0.5) is 19.7 Å². The highest BCUT2D eigenvalue weighted by molar-refractivity contribution is 6.32. The number of piperidine rings is 2. The molecule has 2 fully saturated rings. The third kappa shape index (κ3) is 14.7. The van der Waals surface area contributed by atoms with E-state index in [1.165, 1.54) is 12.1 Å². The van der Waals surface area contributed by atoms with Crippen molar-refractivity contribution in [2.45, 2.75) is 90.5 Å². The first-order valence-corrected chi connectivity index (χ1v) is 16.2. The first-order valence-electron chi connectivity index (χ1n) is 15.4. The van der Waals surface area contributed by atoms with E-state index in [1.54, 1.807) is 21.9 Å². The lowest BCUT2D eigenvalue weighted by atomic mass is 10.0. The minimum Gasteiger partial charge on any atom is -0.444 e. The number of halogens is 3. The lowest BCUT2D eigenvalue weighted by Crippen LogP contribution is -2.44. The summed E-state index contributed by atoms with van der Waals surface area (Å²) in [6.45, 7) is 14.0. The number of nitriles is 2. The zero-order valence-corrected chi connectivity index (χ0v) is 29.4. The van der Waals surface area contributed by atoms with Gasteiger partial charge in [-0.25, -0.2) is 14.0 Å². The number of amides is 2. The number of ether oxygens (including phenoxy) is 2. The maximum Gasteiger partial charge on any atom is 0.410 e. The molecule has 10 nitrogen and oxygen atoms in total. The van der Waals surface area contributed by atoms with Crippen molar-refractivity contribution in [2.24, 2.45) is 5.73 Å². The Morgan fingerprint density at radius 3 is 1.64 bits per heavy atom. The molecule has 0 atom stereocenters. The zero-order valence-electron chi connectivity index (χ0n) is 27.9. The van der Waals surface area contributed by atoms with Crippen LogP contribution in [0.15, 0.2) is 36.4 Å². The number of carbonyl (C=O) groups excluding carboxylic acids is 2. The highest BCUT2D eigenvalue weighted by Gasteiger charge is 2.27. The van der Waals surface area contributed by atoms with Gasteiger partial charge in [0.15, 0.2) is 0 Å². The smallest absolute Gasteiger partial charge is 0.410 e. The monoisotopic (exact) mass is 690 g/mol. The van der Waals surface area contributed by atoms with Gasteiger partial charge in [-0.1, -0.05) is 23.2 Å². The predicted molar refractivity (Wildman–Crippen MR) is 182 cm³/mol. The molecule has 47 heavy (non-hydrogen) atoms. The highest BCUT2D eigenvalue weighted by atomic mass is 35.5. The quantitative estimate of drug-likeness (QED) is 0.326. The van der Waals surface area contributed by atoms with Crippen LogP contribution in [-0.2, 0) is 9.47 Å². The summed E-state index contributed by atoms with van der Waals surface area (Å²) in [6, 6.07) is 13.4. The second-order valence-corrected chi connectivity index (χ2v) is 14.0. The van der Waals surface area contributed by atoms with E-state index >= 15 is 0 Å². The van der Waals surface area contributed by atoms with Crippen molar-refractivity contribution in [2.75, 3.05) is 31.5 Å². The SMILES string of the molecule is CC(C)(C)OC(=O)N1CCC(N)CC1.CC(C)(C)OC(=O)N1CCC(Nc2ccc(C#N)c(Cl)c2)CC1.N#Cc1ccc(F)cc1Cl. The maximum atomic E-state index is 12.3. The minimum absolute atomic E-state index is 0.155. The molecule has 0 aliphatic carbocycles. The number of likely N-dealkylation sites (tertiary alicyclic amines) is 2. The molecule has 0 bridgehead atoms. The number of rotatable bonds is 2. The molecule has 2 heterocycles. The predicted octanol–water partition coefficient (Wildman–Crippen LogP) is 7.72. The van der Waals surface area contributed by atoms with Gasteiger partial charge in [0.2, 0.25) is 0 Å². The molecule has 4 rings (SSSR count). The number of nitrogens with one attached hydrogen (secondary N) is 1. The first-order chi connectivity index (χ1) is 21.9. The Labute approximate surface area is 287 Å². The van der Waals surface area contributed by atoms with Gasteiger partial charge in [-0.2, -0.15) is 10.5 Å². The van der Waals surface area contributed by atoms with Gasteiger partial charge in [-0.15, -0.1) is 0 Å². The van der Waals surface area contributed by atoms with Crippen LogP contribution in [0.25, 0.3) is 0 Å². The molecule has 13 heteroatoms. The van der Waals surface area contributed by atoms with Gasteiger partial charge < -0.3 is 30.3 Å². The maximum absolute atomic E-state index is 12.3. The van der Waals surface area contributed by atoms with E-state index in [4.69, 9.17) is 48.9 Å². The third-order valence-corrected chi connectivity index (χ3v) is 7.48. The summed E-state index contributed by atoms with van der Waals surface area (Å²) in [5.74, 6) is -0.427. The van der Waals surface area contributed by atoms with Gasteiger partial charge in [0.1, 0.15) is 29.2 Å². The van der Waals surface area contributed by atoms with E-state index in [9.17, 15) is 14.0 Å². The van der Waals surface area contributed by atoms with Crippen LogP contribution in [0.1, 0.15) is 78.4 Å². The molecule has 2 aromatic rings. The molecule has 0 saturated carbocycles. The van der Waals surface area contributed by atoms with Crippen LogP contribution in [-0.4, -0.2) is 71.5 Å². The number of benzene rings is 2. The van der Waals surface area contributed by atoms with E-state index < -0.39 is 17.0 Å². The topological polar surface area (TPSA) is 145 Å². The number of nitrogens with two attached hydrogens (primary N) is 1. The van der Waals surface area contributed by atoms with Crippen molar-refractivity contribution in [1.82, 2.24) is 9.80 Å². The van der Waals surface area contributed by atoms with E-state index in [0.717, 1.165) is 50.5 Å². The van der Waals surface area contributed by atoms with E-state index in [1.807, 2.05) is 59.7 Å². The lowest BCUT2D eigenvalue weighted by Gasteiger charge is -2.34. The third-order valence-electron chi connectivity index (χ3n) is 6.85. The van der Waals surface area contributed by atoms with Gasteiger partial charge in [0.05, 0.1) is 21.2 Å². The van der Waals surface area contributed by atoms with E-state index in [-0.39, 0.29) is 29.3 Å². The van der Waals surface area contributed by atoms with E-state index in [0.29, 0.717) is 29.2 Å². The van der Waals surface area contributed by atoms with Crippen molar-refractivity contribution >= 4 is 41.1 Å². The zero-order chi connectivity index (χ0) is 35.4. The average molecular weight is 692 g/mol. The Balaban J connectivity index is 0.000000271. The minimum atomic E-state index is -0.467. The summed E-state index contributed by atoms with van der Waals surface area (Å²) in [6.07, 6.45) is 2.97. The first kappa shape index (κ1) is 39.4. The van der Waals surface area contributed by atoms with Crippen molar-refractivity contribution in [1.29, 1.82) is 10.5 Å². The molecule has 0 aromatic heterocycles. The van der Waals surface area contributed by atoms with Gasteiger partial charge in [-0.05, 0) is 104 Å². The van der Waals surface area contributed by atoms with Crippen LogP contribution in [0.5, 0.6) is 0 Å². The molecule has 2 aromatic carbocycles. The van der Waals surface area contributed by atoms with Crippen LogP contribution < -0.4 is 11.1 Å². The number of anilines is 1. The molecule has 0 spiro atoms. The summed E-state index contributed by atoms with van der Waals surface area (Å²) in [4.78, 5) is 27.1. The van der Waals surface area contributed by atoms with Crippen LogP contribution in [0.3, 0.4) is 0 Å². The van der Waals surface area contributed by atoms with Crippen LogP contribution >= 0.6 is 23.2 Å². The number of nitrogens with zero attached hydrogens (tertiary/aromatic N) is 4. The molecular formula is C34H45Cl2FN6O4. The lowest BCUT2D eigenvalue weighted by molar-refractivity contribution is 0.0197. The summed E-state index contributed by atoms with van der Waals surface area (Å²) >= 11 is 11.5. The van der Waals surface area contributed by atoms with Crippen molar-refractivity contribution in [3.05, 3.63) is 63.4 Å². The molecular weight excluding hydrogens is 646 g/mol. The molecule has 3 N–H and O–H groups in total. The average Bonchev–Trinajstić information content (AvgIpc) is 2.97. The molecule has 2 amide bonds. The highest BCUT2D eigenvalue weighted by Crippen LogP contribution is 2.24. The van der Waals surface area contributed by atoms with E-state index in [2.05, 4.69) is 5.32 Å². The Kier molecular flexibility index (Phi) is 15.1. The second-order valence-electron chi connectivity index (χ2n) is 13.2. The number of hydrogen-bond donors (Lipinski definition) is 2. The molecule has 0 unspecified atom stereocenters. The Morgan fingerprint density at radius 1 is 0.809 bits per heavy atom. The molecule has 2 aliphatic rings. The number of hydrogen-bond acceptors (Lipinski definition) is 8. The Hall–Kier alpha value is -3.77. The van der Waals surface area contributed by atoms with Crippen molar-refractivity contribution in [3.8, 4) is 12.1 Å². The molecule has 2 saturated heterocycles. The molecule has 0 radical (unpaired) electrons. The van der Waals surface area contributed by atoms with Crippen molar-refractivity contribution in [3.63, 3.8) is 0 Å². The second kappa shape index (κ2) is 18.0. The largest absolute Gasteiger partial charge is 0.444 e. The van der Waals surface area contributed by atoms with Crippen LogP contribution in [0, 0.1) is 28.5 Å². The molecule has 2 aliphatic heterocycles. The summed E-state index contributed by atoms with van der Waals surface area (Å²) < 4.78 is 22.9. The number of carbonyl (C=O) groups is 2. The standard InChI is InChI=1S/C17H22ClN3O2.C10H20N2O2.C7H3ClFN/c1-17(2,3)23-16(22)21-8-6-13(7-9-21)20-14-5-4-12(11-19)15(18)10-14;1-10(2,3)14-9(13)12-6-4-8(11)5-7-12;8-7-3-6(9)2-1-5(7)4-10/h4-5,10,13,20H,6-9H2,1-3H3;8H,4-7,11H2,1-3H3;1-3H. The fraction of sp³-hybridized carbons (Fsp3) is 0.529.